The van der Waals surface area contributed by atoms with Gasteiger partial charge < -0.3 is 0 Å². The smallest absolute Gasteiger partial charge is 0.271 e. The van der Waals surface area contributed by atoms with Crippen molar-refractivity contribution >= 4 is 52.1 Å². The fourth-order valence-electron chi connectivity index (χ4n) is 2.67. The number of thioether (sulfide) groups is 1. The van der Waals surface area contributed by atoms with Gasteiger partial charge >= 0.3 is 0 Å². The third kappa shape index (κ3) is 6.59. The molecule has 0 aliphatic carbocycles. The van der Waals surface area contributed by atoms with Gasteiger partial charge in [0.2, 0.25) is 5.91 Å². The summed E-state index contributed by atoms with van der Waals surface area (Å²) in [5.41, 5.74) is 6.06. The summed E-state index contributed by atoms with van der Waals surface area (Å²) in [5.74, 6) is -0.978. The van der Waals surface area contributed by atoms with E-state index in [0.29, 0.717) is 27.8 Å². The van der Waals surface area contributed by atoms with Crippen molar-refractivity contribution in [3.8, 4) is 0 Å². The van der Waals surface area contributed by atoms with Gasteiger partial charge in [0.25, 0.3) is 11.8 Å². The van der Waals surface area contributed by atoms with Crippen molar-refractivity contribution in [3.05, 3.63) is 83.0 Å². The standard InChI is InChI=1S/C22H20N4O3S2/c27-19(24-25-20(28)17-10-5-13-23-15-17)12-6-14-26-21(29)18(31-22(26)30)11-4-9-16-7-2-1-3-8-16/h1-5,7-11,13,15H,6,12,14H2,(H,24,27)(H,25,28). The van der Waals surface area contributed by atoms with Gasteiger partial charge in [0.1, 0.15) is 4.32 Å². The summed E-state index contributed by atoms with van der Waals surface area (Å²) in [6.07, 6.45) is 8.98. The summed E-state index contributed by atoms with van der Waals surface area (Å²) in [6, 6.07) is 13.0. The van der Waals surface area contributed by atoms with Crippen molar-refractivity contribution < 1.29 is 14.4 Å². The molecule has 0 saturated carbocycles. The zero-order chi connectivity index (χ0) is 22.1. The van der Waals surface area contributed by atoms with E-state index < -0.39 is 5.91 Å². The second-order valence-corrected chi connectivity index (χ2v) is 8.15. The number of hydrogen-bond acceptors (Lipinski definition) is 6. The number of hydrazine groups is 1. The fraction of sp³-hybridized carbons (Fsp3) is 0.136. The Kier molecular flexibility index (Phi) is 8.08. The first-order chi connectivity index (χ1) is 15.0. The lowest BCUT2D eigenvalue weighted by atomic mass is 10.2. The van der Waals surface area contributed by atoms with Crippen LogP contribution in [0.4, 0.5) is 0 Å². The van der Waals surface area contributed by atoms with Crippen molar-refractivity contribution in [2.75, 3.05) is 6.54 Å². The average Bonchev–Trinajstić information content (AvgIpc) is 3.06. The number of benzene rings is 1. The third-order valence-electron chi connectivity index (χ3n) is 4.23. The molecule has 2 N–H and O–H groups in total. The highest BCUT2D eigenvalue weighted by Gasteiger charge is 2.31. The van der Waals surface area contributed by atoms with E-state index in [9.17, 15) is 14.4 Å². The number of rotatable bonds is 7. The van der Waals surface area contributed by atoms with Crippen LogP contribution in [-0.4, -0.2) is 38.5 Å². The minimum atomic E-state index is -0.452. The lowest BCUT2D eigenvalue weighted by Gasteiger charge is -2.14. The fourth-order valence-corrected chi connectivity index (χ4v) is 3.93. The Labute approximate surface area is 189 Å². The quantitative estimate of drug-likeness (QED) is 0.381. The van der Waals surface area contributed by atoms with Crippen molar-refractivity contribution in [2.45, 2.75) is 12.8 Å². The molecule has 1 aliphatic heterocycles. The largest absolute Gasteiger partial charge is 0.293 e. The van der Waals surface area contributed by atoms with E-state index >= 15 is 0 Å². The molecule has 158 valence electrons. The molecule has 1 aromatic heterocycles. The third-order valence-corrected chi connectivity index (χ3v) is 5.63. The topological polar surface area (TPSA) is 91.4 Å². The summed E-state index contributed by atoms with van der Waals surface area (Å²) in [5, 5.41) is 0. The van der Waals surface area contributed by atoms with E-state index in [1.165, 1.54) is 22.9 Å². The number of carbonyl (C=O) groups excluding carboxylic acids is 3. The van der Waals surface area contributed by atoms with Crippen molar-refractivity contribution in [3.63, 3.8) is 0 Å². The van der Waals surface area contributed by atoms with Crippen LogP contribution in [0, 0.1) is 0 Å². The maximum atomic E-state index is 12.6. The molecule has 1 fully saturated rings. The molecule has 0 atom stereocenters. The number of nitrogens with one attached hydrogen (secondary N) is 2. The van der Waals surface area contributed by atoms with Gasteiger partial charge in [-0.15, -0.1) is 0 Å². The van der Waals surface area contributed by atoms with E-state index in [2.05, 4.69) is 15.8 Å². The van der Waals surface area contributed by atoms with E-state index in [-0.39, 0.29) is 18.2 Å². The summed E-state index contributed by atoms with van der Waals surface area (Å²) in [6.45, 7) is 0.328. The predicted molar refractivity (Wildman–Crippen MR) is 125 cm³/mol. The van der Waals surface area contributed by atoms with Gasteiger partial charge in [0.15, 0.2) is 0 Å². The normalized spacial score (nSPS) is 15.0. The van der Waals surface area contributed by atoms with Gasteiger partial charge in [-0.2, -0.15) is 0 Å². The highest BCUT2D eigenvalue weighted by molar-refractivity contribution is 8.26. The first-order valence-electron chi connectivity index (χ1n) is 9.51. The molecule has 0 radical (unpaired) electrons. The number of carbonyl (C=O) groups is 3. The number of allylic oxidation sites excluding steroid dienone is 2. The minimum absolute atomic E-state index is 0.136. The van der Waals surface area contributed by atoms with Crippen LogP contribution in [0.25, 0.3) is 6.08 Å². The summed E-state index contributed by atoms with van der Waals surface area (Å²) < 4.78 is 0.467. The molecular weight excluding hydrogens is 432 g/mol. The molecule has 1 aromatic carbocycles. The van der Waals surface area contributed by atoms with Crippen LogP contribution in [0.1, 0.15) is 28.8 Å². The van der Waals surface area contributed by atoms with Gasteiger partial charge in [0.05, 0.1) is 10.5 Å². The van der Waals surface area contributed by atoms with E-state index in [1.54, 1.807) is 24.4 Å². The predicted octanol–water partition coefficient (Wildman–Crippen LogP) is 3.08. The summed E-state index contributed by atoms with van der Waals surface area (Å²) >= 11 is 6.54. The van der Waals surface area contributed by atoms with Gasteiger partial charge in [-0.3, -0.25) is 35.1 Å². The van der Waals surface area contributed by atoms with Crippen molar-refractivity contribution in [2.24, 2.45) is 0 Å². The number of pyridine rings is 1. The zero-order valence-electron chi connectivity index (χ0n) is 16.5. The molecule has 0 spiro atoms. The molecule has 3 rings (SSSR count). The van der Waals surface area contributed by atoms with E-state index in [0.717, 1.165) is 5.56 Å². The van der Waals surface area contributed by atoms with Crippen LogP contribution in [0.15, 0.2) is 71.9 Å². The van der Waals surface area contributed by atoms with Gasteiger partial charge in [-0.05, 0) is 30.2 Å². The molecule has 0 unspecified atom stereocenters. The molecule has 31 heavy (non-hydrogen) atoms. The lowest BCUT2D eigenvalue weighted by molar-refractivity contribution is -0.124. The van der Waals surface area contributed by atoms with Crippen molar-refractivity contribution in [1.29, 1.82) is 0 Å². The van der Waals surface area contributed by atoms with Crippen LogP contribution in [-0.2, 0) is 9.59 Å². The van der Waals surface area contributed by atoms with Gasteiger partial charge in [-0.1, -0.05) is 66.5 Å². The molecule has 2 heterocycles. The zero-order valence-corrected chi connectivity index (χ0v) is 18.1. The highest BCUT2D eigenvalue weighted by atomic mass is 32.2. The Hall–Kier alpha value is -3.30. The molecular formula is C22H20N4O3S2. The van der Waals surface area contributed by atoms with E-state index in [4.69, 9.17) is 12.2 Å². The molecule has 1 aliphatic rings. The summed E-state index contributed by atoms with van der Waals surface area (Å²) in [4.78, 5) is 42.3. The molecule has 2 aromatic rings. The first kappa shape index (κ1) is 22.4. The maximum absolute atomic E-state index is 12.6. The van der Waals surface area contributed by atoms with Gasteiger partial charge in [0, 0.05) is 25.4 Å². The molecule has 9 heteroatoms. The maximum Gasteiger partial charge on any atom is 0.271 e. The molecule has 1 saturated heterocycles. The van der Waals surface area contributed by atoms with Crippen LogP contribution in [0.3, 0.4) is 0 Å². The van der Waals surface area contributed by atoms with Crippen LogP contribution < -0.4 is 10.9 Å². The number of aromatic nitrogens is 1. The first-order valence-corrected chi connectivity index (χ1v) is 10.7. The number of nitrogens with zero attached hydrogens (tertiary/aromatic N) is 2. The number of hydrogen-bond donors (Lipinski definition) is 2. The average molecular weight is 453 g/mol. The number of amides is 3. The SMILES string of the molecule is O=C(CCCN1C(=O)C(=CC=Cc2ccccc2)SC1=S)NNC(=O)c1cccnc1. The lowest BCUT2D eigenvalue weighted by Crippen LogP contribution is -2.42. The van der Waals surface area contributed by atoms with Crippen LogP contribution in [0.5, 0.6) is 0 Å². The van der Waals surface area contributed by atoms with E-state index in [1.807, 2.05) is 42.5 Å². The Morgan fingerprint density at radius 3 is 2.68 bits per heavy atom. The van der Waals surface area contributed by atoms with Crippen molar-refractivity contribution in [1.82, 2.24) is 20.7 Å². The second-order valence-electron chi connectivity index (χ2n) is 6.47. The Balaban J connectivity index is 1.42. The second kappa shape index (κ2) is 11.2. The van der Waals surface area contributed by atoms with Gasteiger partial charge in [-0.25, -0.2) is 0 Å². The Morgan fingerprint density at radius 2 is 1.94 bits per heavy atom. The minimum Gasteiger partial charge on any atom is -0.293 e. The monoisotopic (exact) mass is 452 g/mol. The summed E-state index contributed by atoms with van der Waals surface area (Å²) in [7, 11) is 0. The molecule has 0 bridgehead atoms. The number of thiocarbonyl (C=S) groups is 1. The van der Waals surface area contributed by atoms with Crippen LogP contribution in [0.2, 0.25) is 0 Å². The molecule has 3 amide bonds. The highest BCUT2D eigenvalue weighted by Crippen LogP contribution is 2.31. The molecule has 7 nitrogen and oxygen atoms in total. The Bertz CT molecular complexity index is 1020. The van der Waals surface area contributed by atoms with Crippen LogP contribution >= 0.6 is 24.0 Å². The Morgan fingerprint density at radius 1 is 1.13 bits per heavy atom.